The monoisotopic (exact) mass is 366 g/mol. The van der Waals surface area contributed by atoms with Crippen molar-refractivity contribution in [2.24, 2.45) is 0 Å². The van der Waals surface area contributed by atoms with Gasteiger partial charge in [-0.2, -0.15) is 0 Å². The lowest BCUT2D eigenvalue weighted by Gasteiger charge is -2.12. The second kappa shape index (κ2) is 15.7. The zero-order chi connectivity index (χ0) is 19.8. The van der Waals surface area contributed by atoms with Gasteiger partial charge in [0, 0.05) is 12.8 Å². The Morgan fingerprint density at radius 1 is 0.923 bits per heavy atom. The van der Waals surface area contributed by atoms with Gasteiger partial charge in [-0.15, -0.1) is 0 Å². The van der Waals surface area contributed by atoms with Gasteiger partial charge in [-0.1, -0.05) is 37.0 Å². The van der Waals surface area contributed by atoms with E-state index in [0.717, 1.165) is 38.5 Å². The Morgan fingerprint density at radius 3 is 2.27 bits per heavy atom. The number of ether oxygens (including phenoxy) is 2. The van der Waals surface area contributed by atoms with Crippen LogP contribution >= 0.6 is 0 Å². The normalized spacial score (nSPS) is 12.4. The number of carbonyl (C=O) groups is 2. The van der Waals surface area contributed by atoms with Gasteiger partial charge in [-0.3, -0.25) is 9.59 Å². The van der Waals surface area contributed by atoms with Crippen LogP contribution in [-0.4, -0.2) is 24.6 Å². The highest BCUT2D eigenvalue weighted by Gasteiger charge is 2.10. The molecule has 0 aliphatic rings. The third-order valence-electron chi connectivity index (χ3n) is 4.08. The Kier molecular flexibility index (Phi) is 14.7. The highest BCUT2D eigenvalue weighted by atomic mass is 16.5. The molecule has 0 radical (unpaired) electrons. The van der Waals surface area contributed by atoms with Crippen molar-refractivity contribution in [2.75, 3.05) is 6.61 Å². The Labute approximate surface area is 160 Å². The van der Waals surface area contributed by atoms with Gasteiger partial charge in [-0.05, 0) is 65.9 Å². The molecule has 4 nitrogen and oxygen atoms in total. The van der Waals surface area contributed by atoms with Crippen molar-refractivity contribution in [3.63, 3.8) is 0 Å². The van der Waals surface area contributed by atoms with Gasteiger partial charge >= 0.3 is 11.9 Å². The summed E-state index contributed by atoms with van der Waals surface area (Å²) in [5.41, 5.74) is 2.54. The first-order valence-electron chi connectivity index (χ1n) is 9.99. The van der Waals surface area contributed by atoms with Gasteiger partial charge in [0.05, 0.1) is 6.10 Å². The lowest BCUT2D eigenvalue weighted by molar-refractivity contribution is -0.149. The average molecular weight is 367 g/mol. The summed E-state index contributed by atoms with van der Waals surface area (Å²) in [5.74, 6) is -0.487. The fourth-order valence-corrected chi connectivity index (χ4v) is 2.44. The minimum atomic E-state index is -0.262. The van der Waals surface area contributed by atoms with E-state index >= 15 is 0 Å². The molecule has 0 saturated carbocycles. The van der Waals surface area contributed by atoms with Crippen LogP contribution in [0.25, 0.3) is 0 Å². The molecule has 0 rings (SSSR count). The predicted molar refractivity (Wildman–Crippen MR) is 107 cm³/mol. The summed E-state index contributed by atoms with van der Waals surface area (Å²) in [4.78, 5) is 23.4. The summed E-state index contributed by atoms with van der Waals surface area (Å²) in [6.07, 6.45) is 11.4. The van der Waals surface area contributed by atoms with Crippen LogP contribution in [0.2, 0.25) is 0 Å². The quantitative estimate of drug-likeness (QED) is 0.218. The fourth-order valence-electron chi connectivity index (χ4n) is 2.44. The SMILES string of the molecule is CCCCCC(C)OC(=O)CCCC(=O)OC/C=C(/C)CCC=C(C)C. The van der Waals surface area contributed by atoms with Gasteiger partial charge in [0.15, 0.2) is 0 Å². The van der Waals surface area contributed by atoms with E-state index in [2.05, 4.69) is 26.8 Å². The maximum Gasteiger partial charge on any atom is 0.306 e. The maximum absolute atomic E-state index is 11.7. The minimum Gasteiger partial charge on any atom is -0.463 e. The van der Waals surface area contributed by atoms with E-state index in [1.54, 1.807) is 0 Å². The molecule has 0 aliphatic carbocycles. The number of hydrogen-bond acceptors (Lipinski definition) is 4. The van der Waals surface area contributed by atoms with Crippen molar-refractivity contribution in [3.05, 3.63) is 23.3 Å². The number of carbonyl (C=O) groups excluding carboxylic acids is 2. The summed E-state index contributed by atoms with van der Waals surface area (Å²) in [6.45, 7) is 10.6. The topological polar surface area (TPSA) is 52.6 Å². The fraction of sp³-hybridized carbons (Fsp3) is 0.727. The van der Waals surface area contributed by atoms with Crippen molar-refractivity contribution in [1.29, 1.82) is 0 Å². The molecule has 0 amide bonds. The van der Waals surface area contributed by atoms with Crippen molar-refractivity contribution in [2.45, 2.75) is 98.5 Å². The van der Waals surface area contributed by atoms with E-state index in [1.165, 1.54) is 11.1 Å². The number of unbranched alkanes of at least 4 members (excludes halogenated alkanes) is 2. The maximum atomic E-state index is 11.7. The Hall–Kier alpha value is -1.58. The highest BCUT2D eigenvalue weighted by molar-refractivity contribution is 5.72. The molecular weight excluding hydrogens is 328 g/mol. The van der Waals surface area contributed by atoms with Crippen molar-refractivity contribution < 1.29 is 19.1 Å². The predicted octanol–water partition coefficient (Wildman–Crippen LogP) is 5.90. The van der Waals surface area contributed by atoms with Gasteiger partial charge in [0.25, 0.3) is 0 Å². The van der Waals surface area contributed by atoms with Crippen molar-refractivity contribution in [1.82, 2.24) is 0 Å². The standard InChI is InChI=1S/C22H38O4/c1-6-7-8-13-20(5)26-22(24)15-10-14-21(23)25-17-16-19(4)12-9-11-18(2)3/h11,16,20H,6-10,12-15,17H2,1-5H3/b19-16-. The van der Waals surface area contributed by atoms with Crippen LogP contribution in [-0.2, 0) is 19.1 Å². The smallest absolute Gasteiger partial charge is 0.306 e. The largest absolute Gasteiger partial charge is 0.463 e. The van der Waals surface area contributed by atoms with Crippen LogP contribution in [0.5, 0.6) is 0 Å². The number of esters is 2. The zero-order valence-electron chi connectivity index (χ0n) is 17.4. The van der Waals surface area contributed by atoms with Gasteiger partial charge in [0.1, 0.15) is 6.61 Å². The number of hydrogen-bond donors (Lipinski definition) is 0. The van der Waals surface area contributed by atoms with E-state index < -0.39 is 0 Å². The minimum absolute atomic E-state index is 0.0412. The first-order chi connectivity index (χ1) is 12.3. The molecule has 0 spiro atoms. The van der Waals surface area contributed by atoms with Crippen LogP contribution in [0.3, 0.4) is 0 Å². The second-order valence-electron chi connectivity index (χ2n) is 7.20. The van der Waals surface area contributed by atoms with Crippen LogP contribution in [0.15, 0.2) is 23.3 Å². The molecule has 1 unspecified atom stereocenters. The molecule has 0 N–H and O–H groups in total. The summed E-state index contributed by atoms with van der Waals surface area (Å²) >= 11 is 0. The number of allylic oxidation sites excluding steroid dienone is 3. The summed E-state index contributed by atoms with van der Waals surface area (Å²) in [6, 6.07) is 0. The van der Waals surface area contributed by atoms with E-state index in [4.69, 9.17) is 9.47 Å². The lowest BCUT2D eigenvalue weighted by Crippen LogP contribution is -2.15. The van der Waals surface area contributed by atoms with Crippen LogP contribution in [0, 0.1) is 0 Å². The van der Waals surface area contributed by atoms with E-state index in [0.29, 0.717) is 13.0 Å². The van der Waals surface area contributed by atoms with Crippen LogP contribution in [0.1, 0.15) is 92.4 Å². The zero-order valence-corrected chi connectivity index (χ0v) is 17.4. The molecular formula is C22H38O4. The first-order valence-corrected chi connectivity index (χ1v) is 9.99. The molecule has 0 saturated heterocycles. The average Bonchev–Trinajstić information content (AvgIpc) is 2.54. The summed E-state index contributed by atoms with van der Waals surface area (Å²) < 4.78 is 10.5. The molecule has 1 atom stereocenters. The Morgan fingerprint density at radius 2 is 1.62 bits per heavy atom. The molecule has 0 aromatic heterocycles. The van der Waals surface area contributed by atoms with Crippen molar-refractivity contribution in [3.8, 4) is 0 Å². The lowest BCUT2D eigenvalue weighted by atomic mass is 10.1. The molecule has 0 aromatic rings. The molecule has 0 bridgehead atoms. The molecule has 0 heterocycles. The third-order valence-corrected chi connectivity index (χ3v) is 4.08. The number of rotatable bonds is 14. The second-order valence-corrected chi connectivity index (χ2v) is 7.20. The Bertz CT molecular complexity index is 459. The van der Waals surface area contributed by atoms with Gasteiger partial charge in [0.2, 0.25) is 0 Å². The van der Waals surface area contributed by atoms with Gasteiger partial charge < -0.3 is 9.47 Å². The molecule has 0 fully saturated rings. The summed E-state index contributed by atoms with van der Waals surface area (Å²) in [7, 11) is 0. The third kappa shape index (κ3) is 15.9. The highest BCUT2D eigenvalue weighted by Crippen LogP contribution is 2.09. The molecule has 150 valence electrons. The van der Waals surface area contributed by atoms with E-state index in [1.807, 2.05) is 19.9 Å². The van der Waals surface area contributed by atoms with Gasteiger partial charge in [-0.25, -0.2) is 0 Å². The molecule has 26 heavy (non-hydrogen) atoms. The molecule has 0 aromatic carbocycles. The van der Waals surface area contributed by atoms with E-state index in [9.17, 15) is 9.59 Å². The molecule has 4 heteroatoms. The van der Waals surface area contributed by atoms with E-state index in [-0.39, 0.29) is 30.9 Å². The van der Waals surface area contributed by atoms with Crippen LogP contribution in [0.4, 0.5) is 0 Å². The summed E-state index contributed by atoms with van der Waals surface area (Å²) in [5, 5.41) is 0. The first kappa shape index (κ1) is 24.4. The molecule has 0 aliphatic heterocycles. The Balaban J connectivity index is 3.78. The van der Waals surface area contributed by atoms with Crippen molar-refractivity contribution >= 4 is 11.9 Å². The van der Waals surface area contributed by atoms with Crippen LogP contribution < -0.4 is 0 Å².